The molecule has 0 amide bonds. The van der Waals surface area contributed by atoms with Crippen molar-refractivity contribution in [2.45, 2.75) is 0 Å². The number of hydrogen-bond donors (Lipinski definition) is 1. The van der Waals surface area contributed by atoms with Crippen molar-refractivity contribution in [1.29, 1.82) is 0 Å². The van der Waals surface area contributed by atoms with Crippen LogP contribution in [0.15, 0.2) is 40.9 Å². The fourth-order valence-electron chi connectivity index (χ4n) is 2.11. The highest BCUT2D eigenvalue weighted by Gasteiger charge is 2.13. The molecule has 0 aliphatic rings. The number of aromatic nitrogens is 2. The number of aromatic hydroxyl groups is 1. The Morgan fingerprint density at radius 2 is 2.00 bits per heavy atom. The van der Waals surface area contributed by atoms with Crippen LogP contribution in [0.25, 0.3) is 22.4 Å². The summed E-state index contributed by atoms with van der Waals surface area (Å²) in [6, 6.07) is 9.67. The maximum Gasteiger partial charge on any atom is 0.144 e. The number of aryl methyl sites for hydroxylation is 1. The summed E-state index contributed by atoms with van der Waals surface area (Å²) < 4.78 is 15.8. The number of benzene rings is 2. The molecule has 0 aliphatic heterocycles. The van der Waals surface area contributed by atoms with E-state index in [9.17, 15) is 9.50 Å². The van der Waals surface area contributed by atoms with Crippen molar-refractivity contribution in [3.63, 3.8) is 0 Å². The maximum atomic E-state index is 13.2. The molecule has 0 unspecified atom stereocenters. The third-order valence-electron chi connectivity index (χ3n) is 3.04. The normalized spacial score (nSPS) is 11.1. The van der Waals surface area contributed by atoms with E-state index in [4.69, 9.17) is 0 Å². The highest BCUT2D eigenvalue weighted by atomic mass is 79.9. The van der Waals surface area contributed by atoms with E-state index in [1.54, 1.807) is 18.2 Å². The molecule has 96 valence electrons. The highest BCUT2D eigenvalue weighted by Crippen LogP contribution is 2.32. The predicted octanol–water partition coefficient (Wildman–Crippen LogP) is 3.85. The third-order valence-corrected chi connectivity index (χ3v) is 3.54. The number of phenolic OH excluding ortho intramolecular Hbond substituents is 1. The number of phenols is 1. The van der Waals surface area contributed by atoms with Gasteiger partial charge in [-0.05, 0) is 30.3 Å². The molecular formula is C14H10BrFN2O. The Morgan fingerprint density at radius 1 is 1.21 bits per heavy atom. The van der Waals surface area contributed by atoms with Gasteiger partial charge >= 0.3 is 0 Å². The van der Waals surface area contributed by atoms with Gasteiger partial charge in [-0.15, -0.1) is 0 Å². The molecule has 2 aromatic carbocycles. The Bertz CT molecular complexity index is 782. The number of fused-ring (bicyclic) bond motifs is 1. The minimum atomic E-state index is -0.322. The molecule has 0 atom stereocenters. The van der Waals surface area contributed by atoms with Gasteiger partial charge in [0.2, 0.25) is 0 Å². The summed E-state index contributed by atoms with van der Waals surface area (Å²) in [6.07, 6.45) is 0. The molecular weight excluding hydrogens is 311 g/mol. The Kier molecular flexibility index (Phi) is 2.78. The highest BCUT2D eigenvalue weighted by molar-refractivity contribution is 9.10. The average molecular weight is 321 g/mol. The maximum absolute atomic E-state index is 13.2. The molecule has 0 saturated carbocycles. The van der Waals surface area contributed by atoms with Crippen LogP contribution in [-0.2, 0) is 7.05 Å². The zero-order chi connectivity index (χ0) is 13.6. The second-order valence-corrected chi connectivity index (χ2v) is 5.20. The first-order valence-electron chi connectivity index (χ1n) is 5.67. The molecule has 0 spiro atoms. The fraction of sp³-hybridized carbons (Fsp3) is 0.0714. The van der Waals surface area contributed by atoms with Gasteiger partial charge in [-0.25, -0.2) is 9.37 Å². The molecule has 1 heterocycles. The molecule has 5 heteroatoms. The molecule has 0 bridgehead atoms. The zero-order valence-electron chi connectivity index (χ0n) is 10.1. The molecule has 0 aliphatic carbocycles. The van der Waals surface area contributed by atoms with Crippen LogP contribution < -0.4 is 0 Å². The minimum Gasteiger partial charge on any atom is -0.507 e. The molecule has 0 fully saturated rings. The standard InChI is InChI=1S/C14H10BrFN2O/c1-18-12-5-3-9(16)7-11(12)17-14(18)10-4-2-8(15)6-13(10)19/h2-7,19H,1H3. The van der Waals surface area contributed by atoms with Crippen molar-refractivity contribution in [2.24, 2.45) is 7.05 Å². The zero-order valence-corrected chi connectivity index (χ0v) is 11.6. The number of hydrogen-bond acceptors (Lipinski definition) is 2. The SMILES string of the molecule is Cn1c(-c2ccc(Br)cc2O)nc2cc(F)ccc21. The van der Waals surface area contributed by atoms with E-state index < -0.39 is 0 Å². The van der Waals surface area contributed by atoms with Gasteiger partial charge in [-0.1, -0.05) is 15.9 Å². The summed E-state index contributed by atoms with van der Waals surface area (Å²) >= 11 is 3.29. The number of imidazole rings is 1. The summed E-state index contributed by atoms with van der Waals surface area (Å²) in [6.45, 7) is 0. The van der Waals surface area contributed by atoms with Gasteiger partial charge < -0.3 is 9.67 Å². The number of rotatable bonds is 1. The van der Waals surface area contributed by atoms with Crippen LogP contribution in [0.4, 0.5) is 4.39 Å². The number of halogens is 2. The van der Waals surface area contributed by atoms with Crippen LogP contribution in [0, 0.1) is 5.82 Å². The van der Waals surface area contributed by atoms with Gasteiger partial charge in [0.05, 0.1) is 16.6 Å². The molecule has 3 rings (SSSR count). The Morgan fingerprint density at radius 3 is 2.74 bits per heavy atom. The van der Waals surface area contributed by atoms with Gasteiger partial charge in [-0.2, -0.15) is 0 Å². The van der Waals surface area contributed by atoms with E-state index in [1.807, 2.05) is 17.7 Å². The lowest BCUT2D eigenvalue weighted by Crippen LogP contribution is -1.92. The van der Waals surface area contributed by atoms with Crippen LogP contribution >= 0.6 is 15.9 Å². The van der Waals surface area contributed by atoms with Gasteiger partial charge in [0.25, 0.3) is 0 Å². The second-order valence-electron chi connectivity index (χ2n) is 4.29. The predicted molar refractivity (Wildman–Crippen MR) is 75.5 cm³/mol. The van der Waals surface area contributed by atoms with Crippen molar-refractivity contribution in [1.82, 2.24) is 9.55 Å². The molecule has 0 radical (unpaired) electrons. The van der Waals surface area contributed by atoms with Gasteiger partial charge in [0.1, 0.15) is 17.4 Å². The number of nitrogens with zero attached hydrogens (tertiary/aromatic N) is 2. The van der Waals surface area contributed by atoms with Gasteiger partial charge in [0.15, 0.2) is 0 Å². The first kappa shape index (κ1) is 12.2. The summed E-state index contributed by atoms with van der Waals surface area (Å²) in [5.41, 5.74) is 2.00. The monoisotopic (exact) mass is 320 g/mol. The first-order valence-corrected chi connectivity index (χ1v) is 6.46. The summed E-state index contributed by atoms with van der Waals surface area (Å²) in [5.74, 6) is 0.413. The second kappa shape index (κ2) is 4.35. The molecule has 1 aromatic heterocycles. The molecule has 0 saturated heterocycles. The van der Waals surface area contributed by atoms with Gasteiger partial charge in [-0.3, -0.25) is 0 Å². The van der Waals surface area contributed by atoms with E-state index in [1.165, 1.54) is 12.1 Å². The van der Waals surface area contributed by atoms with Crippen LogP contribution in [0.1, 0.15) is 0 Å². The lowest BCUT2D eigenvalue weighted by Gasteiger charge is -2.05. The largest absolute Gasteiger partial charge is 0.507 e. The molecule has 1 N–H and O–H groups in total. The quantitative estimate of drug-likeness (QED) is 0.739. The molecule has 3 nitrogen and oxygen atoms in total. The lowest BCUT2D eigenvalue weighted by molar-refractivity contribution is 0.476. The summed E-state index contributed by atoms with van der Waals surface area (Å²) in [5, 5.41) is 9.99. The van der Waals surface area contributed by atoms with Crippen molar-refractivity contribution in [2.75, 3.05) is 0 Å². The Hall–Kier alpha value is -1.88. The van der Waals surface area contributed by atoms with E-state index >= 15 is 0 Å². The van der Waals surface area contributed by atoms with Crippen molar-refractivity contribution in [3.05, 3.63) is 46.7 Å². The summed E-state index contributed by atoms with van der Waals surface area (Å²) in [4.78, 5) is 4.38. The van der Waals surface area contributed by atoms with E-state index in [2.05, 4.69) is 20.9 Å². The van der Waals surface area contributed by atoms with E-state index in [0.717, 1.165) is 9.99 Å². The van der Waals surface area contributed by atoms with Crippen LogP contribution in [0.5, 0.6) is 5.75 Å². The minimum absolute atomic E-state index is 0.133. The first-order chi connectivity index (χ1) is 9.06. The van der Waals surface area contributed by atoms with E-state index in [0.29, 0.717) is 16.9 Å². The molecule has 3 aromatic rings. The lowest BCUT2D eigenvalue weighted by atomic mass is 10.2. The van der Waals surface area contributed by atoms with Crippen LogP contribution in [0.2, 0.25) is 0 Å². The fourth-order valence-corrected chi connectivity index (χ4v) is 2.46. The average Bonchev–Trinajstić information content (AvgIpc) is 2.66. The van der Waals surface area contributed by atoms with Crippen LogP contribution in [0.3, 0.4) is 0 Å². The summed E-state index contributed by atoms with van der Waals surface area (Å²) in [7, 11) is 1.84. The topological polar surface area (TPSA) is 38.0 Å². The van der Waals surface area contributed by atoms with Crippen LogP contribution in [-0.4, -0.2) is 14.7 Å². The molecule has 19 heavy (non-hydrogen) atoms. The van der Waals surface area contributed by atoms with Crippen molar-refractivity contribution in [3.8, 4) is 17.1 Å². The van der Waals surface area contributed by atoms with Crippen molar-refractivity contribution < 1.29 is 9.50 Å². The van der Waals surface area contributed by atoms with Gasteiger partial charge in [0, 0.05) is 17.6 Å². The Labute approximate surface area is 117 Å². The third kappa shape index (κ3) is 2.00. The smallest absolute Gasteiger partial charge is 0.144 e. The van der Waals surface area contributed by atoms with Crippen molar-refractivity contribution >= 4 is 27.0 Å². The van der Waals surface area contributed by atoms with E-state index in [-0.39, 0.29) is 11.6 Å². The Balaban J connectivity index is 2.27.